The maximum absolute atomic E-state index is 9.99. The molecule has 4 N–H and O–H groups in total. The van der Waals surface area contributed by atoms with E-state index < -0.39 is 34.8 Å². The molecule has 0 bridgehead atoms. The van der Waals surface area contributed by atoms with Gasteiger partial charge in [-0.05, 0) is 13.8 Å². The summed E-state index contributed by atoms with van der Waals surface area (Å²) in [5.74, 6) is 0.0208. The minimum absolute atomic E-state index is 0.0208. The minimum Gasteiger partial charge on any atom is -0.284 e. The Morgan fingerprint density at radius 2 is 1.19 bits per heavy atom. The second kappa shape index (κ2) is 5.88. The Bertz CT molecular complexity index is 467. The second-order valence-corrected chi connectivity index (χ2v) is 8.22. The Labute approximate surface area is 94.2 Å². The number of hydrogen-bond donors (Lipinski definition) is 3. The largest absolute Gasteiger partial charge is 0.284 e. The van der Waals surface area contributed by atoms with Crippen molar-refractivity contribution in [2.75, 3.05) is 5.75 Å². The van der Waals surface area contributed by atoms with E-state index in [4.69, 9.17) is 9.11 Å². The fourth-order valence-electron chi connectivity index (χ4n) is 0.154. The lowest BCUT2D eigenvalue weighted by Crippen LogP contribution is -2.25. The van der Waals surface area contributed by atoms with Crippen molar-refractivity contribution in [2.24, 2.45) is 5.14 Å². The van der Waals surface area contributed by atoms with Crippen LogP contribution in [0.25, 0.3) is 0 Å². The van der Waals surface area contributed by atoms with Crippen molar-refractivity contribution in [3.8, 4) is 0 Å². The van der Waals surface area contributed by atoms with Crippen LogP contribution in [-0.2, 0) is 30.3 Å². The van der Waals surface area contributed by atoms with E-state index in [9.17, 15) is 25.3 Å². The van der Waals surface area contributed by atoms with Gasteiger partial charge in [0.05, 0.1) is 5.75 Å². The molecule has 16 heavy (non-hydrogen) atoms. The summed E-state index contributed by atoms with van der Waals surface area (Å²) in [6, 6.07) is 0. The van der Waals surface area contributed by atoms with Gasteiger partial charge in [0, 0.05) is 0 Å². The third-order valence-corrected chi connectivity index (χ3v) is 5.18. The highest BCUT2D eigenvalue weighted by Crippen LogP contribution is 2.03. The molecule has 0 aromatic rings. The predicted octanol–water partition coefficient (Wildman–Crippen LogP) is -1.60. The van der Waals surface area contributed by atoms with Crippen LogP contribution in [0, 0.1) is 0 Å². The molecule has 0 saturated carbocycles. The summed E-state index contributed by atoms with van der Waals surface area (Å²) >= 11 is 0. The topological polar surface area (TPSA) is 169 Å². The fraction of sp³-hybridized carbons (Fsp3) is 1.00. The maximum atomic E-state index is 9.99. The quantitative estimate of drug-likeness (QED) is 0.523. The molecule has 0 unspecified atom stereocenters. The smallest absolute Gasteiger partial charge is 0.284 e. The van der Waals surface area contributed by atoms with E-state index in [1.807, 2.05) is 0 Å². The van der Waals surface area contributed by atoms with Crippen LogP contribution in [0.3, 0.4) is 0 Å². The zero-order valence-electron chi connectivity index (χ0n) is 8.43. The summed E-state index contributed by atoms with van der Waals surface area (Å²) in [6.07, 6.45) is 0. The number of primary sulfonamides is 1. The first-order chi connectivity index (χ1) is 6.72. The van der Waals surface area contributed by atoms with Crippen LogP contribution in [0.2, 0.25) is 0 Å². The summed E-state index contributed by atoms with van der Waals surface area (Å²) in [5, 5.41) is 4.51. The maximum Gasteiger partial charge on any atom is 0.284 e. The Morgan fingerprint density at radius 1 is 1.00 bits per heavy atom. The molecule has 9 nitrogen and oxygen atoms in total. The molecule has 0 fully saturated rings. The molecular formula is C4H13NO8S3. The van der Waals surface area contributed by atoms with E-state index in [1.54, 1.807) is 0 Å². The molecule has 0 radical (unpaired) electrons. The zero-order chi connectivity index (χ0) is 13.8. The molecule has 0 spiro atoms. The summed E-state index contributed by atoms with van der Waals surface area (Å²) < 4.78 is 73.5. The van der Waals surface area contributed by atoms with Crippen molar-refractivity contribution >= 4 is 30.3 Å². The van der Waals surface area contributed by atoms with Crippen LogP contribution >= 0.6 is 0 Å². The summed E-state index contributed by atoms with van der Waals surface area (Å²) in [5.41, 5.74) is 0. The standard InChI is InChI=1S/C2H7NO2S.C2H6O6S2/c1-2-6(3,4)5;1-2(9(3,4)5)10(6,7)8/h2H2,1H3,(H2,3,4,5);2H,1H3,(H,3,4,5)(H,6,7,8). The van der Waals surface area contributed by atoms with E-state index in [1.165, 1.54) is 6.92 Å². The van der Waals surface area contributed by atoms with Gasteiger partial charge in [-0.2, -0.15) is 16.8 Å². The predicted molar refractivity (Wildman–Crippen MR) is 56.2 cm³/mol. The van der Waals surface area contributed by atoms with Crippen LogP contribution in [0.1, 0.15) is 13.8 Å². The van der Waals surface area contributed by atoms with Crippen LogP contribution in [0.15, 0.2) is 0 Å². The highest BCUT2D eigenvalue weighted by atomic mass is 32.3. The number of hydrogen-bond acceptors (Lipinski definition) is 6. The van der Waals surface area contributed by atoms with Gasteiger partial charge in [-0.15, -0.1) is 0 Å². The van der Waals surface area contributed by atoms with Gasteiger partial charge in [0.1, 0.15) is 0 Å². The Kier molecular flexibility index (Phi) is 6.65. The Hall–Kier alpha value is -0.270. The second-order valence-electron chi connectivity index (χ2n) is 2.55. The van der Waals surface area contributed by atoms with Crippen LogP contribution < -0.4 is 5.14 Å². The van der Waals surface area contributed by atoms with E-state index in [-0.39, 0.29) is 5.75 Å². The van der Waals surface area contributed by atoms with Crippen molar-refractivity contribution in [3.63, 3.8) is 0 Å². The van der Waals surface area contributed by atoms with Gasteiger partial charge in [-0.1, -0.05) is 0 Å². The van der Waals surface area contributed by atoms with Gasteiger partial charge >= 0.3 is 0 Å². The monoisotopic (exact) mass is 299 g/mol. The first-order valence-corrected chi connectivity index (χ1v) is 8.37. The van der Waals surface area contributed by atoms with Gasteiger partial charge in [0.2, 0.25) is 14.6 Å². The minimum atomic E-state index is -4.70. The lowest BCUT2D eigenvalue weighted by atomic mass is 11.0. The van der Waals surface area contributed by atoms with Crippen molar-refractivity contribution in [1.29, 1.82) is 0 Å². The van der Waals surface area contributed by atoms with Crippen LogP contribution in [0.4, 0.5) is 0 Å². The van der Waals surface area contributed by atoms with Crippen molar-refractivity contribution < 1.29 is 34.4 Å². The lowest BCUT2D eigenvalue weighted by Gasteiger charge is -2.01. The Balaban J connectivity index is 0. The van der Waals surface area contributed by atoms with E-state index >= 15 is 0 Å². The summed E-state index contributed by atoms with van der Waals surface area (Å²) in [7, 11) is -12.6. The summed E-state index contributed by atoms with van der Waals surface area (Å²) in [6.45, 7) is 2.15. The molecule has 0 amide bonds. The number of sulfonamides is 1. The molecule has 0 rings (SSSR count). The first kappa shape index (κ1) is 18.1. The molecule has 12 heteroatoms. The Morgan fingerprint density at radius 3 is 1.19 bits per heavy atom. The van der Waals surface area contributed by atoms with E-state index in [2.05, 4.69) is 5.14 Å². The SMILES string of the molecule is CC(S(=O)(=O)O)S(=O)(=O)O.CCS(N)(=O)=O. The van der Waals surface area contributed by atoms with Crippen LogP contribution in [-0.4, -0.2) is 44.7 Å². The molecule has 0 aromatic carbocycles. The highest BCUT2D eigenvalue weighted by Gasteiger charge is 2.29. The van der Waals surface area contributed by atoms with E-state index in [0.29, 0.717) is 6.92 Å². The van der Waals surface area contributed by atoms with Crippen molar-refractivity contribution in [3.05, 3.63) is 0 Å². The molecule has 0 aliphatic heterocycles. The first-order valence-electron chi connectivity index (χ1n) is 3.65. The van der Waals surface area contributed by atoms with Crippen molar-refractivity contribution in [1.82, 2.24) is 0 Å². The molecule has 0 aliphatic carbocycles. The summed E-state index contributed by atoms with van der Waals surface area (Å²) in [4.78, 5) is 0. The normalized spacial score (nSPS) is 13.1. The third-order valence-electron chi connectivity index (χ3n) is 1.24. The number of nitrogens with two attached hydrogens (primary N) is 1. The lowest BCUT2D eigenvalue weighted by molar-refractivity contribution is 0.458. The van der Waals surface area contributed by atoms with Gasteiger partial charge in [0.25, 0.3) is 20.2 Å². The molecule has 0 atom stereocenters. The van der Waals surface area contributed by atoms with E-state index in [0.717, 1.165) is 0 Å². The molecule has 0 aliphatic rings. The average Bonchev–Trinajstić information content (AvgIpc) is 1.99. The number of rotatable bonds is 3. The third kappa shape index (κ3) is 10.3. The fourth-order valence-corrected chi connectivity index (χ4v) is 1.38. The van der Waals surface area contributed by atoms with Gasteiger partial charge in [-0.3, -0.25) is 9.11 Å². The van der Waals surface area contributed by atoms with Crippen molar-refractivity contribution in [2.45, 2.75) is 18.4 Å². The van der Waals surface area contributed by atoms with Gasteiger partial charge < -0.3 is 0 Å². The molecule has 0 saturated heterocycles. The molecule has 100 valence electrons. The molecule has 0 aromatic heterocycles. The van der Waals surface area contributed by atoms with Crippen LogP contribution in [0.5, 0.6) is 0 Å². The zero-order valence-corrected chi connectivity index (χ0v) is 10.9. The average molecular weight is 299 g/mol. The van der Waals surface area contributed by atoms with Gasteiger partial charge in [-0.25, -0.2) is 13.6 Å². The van der Waals surface area contributed by atoms with Gasteiger partial charge in [0.15, 0.2) is 0 Å². The molecular weight excluding hydrogens is 286 g/mol. The molecule has 0 heterocycles. The highest BCUT2D eigenvalue weighted by molar-refractivity contribution is 8.03.